The summed E-state index contributed by atoms with van der Waals surface area (Å²) in [6.07, 6.45) is 0.463. The van der Waals surface area contributed by atoms with Crippen molar-refractivity contribution in [3.05, 3.63) is 29.8 Å². The summed E-state index contributed by atoms with van der Waals surface area (Å²) in [5.74, 6) is -0.646. The summed E-state index contributed by atoms with van der Waals surface area (Å²) in [6, 6.07) is 7.81. The molecule has 4 nitrogen and oxygen atoms in total. The zero-order valence-electron chi connectivity index (χ0n) is 8.36. The molecule has 0 saturated heterocycles. The molecule has 4 heteroatoms. The predicted molar refractivity (Wildman–Crippen MR) is 55.1 cm³/mol. The van der Waals surface area contributed by atoms with Gasteiger partial charge in [0.05, 0.1) is 0 Å². The molecule has 77 valence electrons. The van der Waals surface area contributed by atoms with Crippen molar-refractivity contribution in [2.45, 2.75) is 19.4 Å². The van der Waals surface area contributed by atoms with E-state index in [9.17, 15) is 9.59 Å². The van der Waals surface area contributed by atoms with Gasteiger partial charge in [-0.05, 0) is 17.7 Å². The Morgan fingerprint density at radius 3 is 2.93 bits per heavy atom. The average molecular weight is 203 g/mol. The smallest absolute Gasteiger partial charge is 0.240 e. The lowest BCUT2D eigenvalue weighted by Crippen LogP contribution is -2.45. The Kier molecular flexibility index (Phi) is 2.19. The summed E-state index contributed by atoms with van der Waals surface area (Å²) in [5.41, 5.74) is 6.87. The van der Waals surface area contributed by atoms with Crippen molar-refractivity contribution in [3.63, 3.8) is 0 Å². The summed E-state index contributed by atoms with van der Waals surface area (Å²) in [7, 11) is 0. The SMILES string of the molecule is CC(=O)N1c2ccc[c]c2CC1C(N)=O. The van der Waals surface area contributed by atoms with Crippen LogP contribution in [0.15, 0.2) is 18.2 Å². The van der Waals surface area contributed by atoms with E-state index in [1.165, 1.54) is 11.8 Å². The zero-order valence-corrected chi connectivity index (χ0v) is 8.36. The van der Waals surface area contributed by atoms with Crippen molar-refractivity contribution in [2.24, 2.45) is 5.73 Å². The average Bonchev–Trinajstić information content (AvgIpc) is 2.56. The number of hydrogen-bond donors (Lipinski definition) is 1. The number of nitrogens with two attached hydrogens (primary N) is 1. The van der Waals surface area contributed by atoms with Crippen LogP contribution < -0.4 is 10.6 Å². The van der Waals surface area contributed by atoms with Crippen LogP contribution in [0.5, 0.6) is 0 Å². The lowest BCUT2D eigenvalue weighted by atomic mass is 10.1. The second kappa shape index (κ2) is 3.38. The Morgan fingerprint density at radius 1 is 1.60 bits per heavy atom. The number of hydrogen-bond acceptors (Lipinski definition) is 2. The van der Waals surface area contributed by atoms with E-state index in [0.29, 0.717) is 6.42 Å². The van der Waals surface area contributed by atoms with Crippen LogP contribution in [0.25, 0.3) is 0 Å². The molecule has 1 unspecified atom stereocenters. The monoisotopic (exact) mass is 203 g/mol. The third kappa shape index (κ3) is 1.48. The van der Waals surface area contributed by atoms with Crippen LogP contribution in [-0.2, 0) is 16.0 Å². The number of nitrogens with zero attached hydrogens (tertiary/aromatic N) is 1. The highest BCUT2D eigenvalue weighted by atomic mass is 16.2. The summed E-state index contributed by atoms with van der Waals surface area (Å²) >= 11 is 0. The molecule has 0 bridgehead atoms. The summed E-state index contributed by atoms with van der Waals surface area (Å²) in [6.45, 7) is 1.43. The molecule has 1 atom stereocenters. The molecule has 15 heavy (non-hydrogen) atoms. The molecule has 1 aromatic rings. The molecule has 1 aliphatic rings. The first-order valence-electron chi connectivity index (χ1n) is 4.70. The molecule has 1 aliphatic heterocycles. The minimum absolute atomic E-state index is 0.169. The van der Waals surface area contributed by atoms with E-state index in [1.54, 1.807) is 18.2 Å². The van der Waals surface area contributed by atoms with E-state index in [1.807, 2.05) is 0 Å². The molecule has 0 aromatic heterocycles. The van der Waals surface area contributed by atoms with E-state index in [2.05, 4.69) is 6.07 Å². The van der Waals surface area contributed by atoms with Gasteiger partial charge in [0, 0.05) is 19.0 Å². The summed E-state index contributed by atoms with van der Waals surface area (Å²) in [4.78, 5) is 24.1. The fourth-order valence-electron chi connectivity index (χ4n) is 1.92. The second-order valence-electron chi connectivity index (χ2n) is 3.55. The standard InChI is InChI=1S/C11H11N2O2/c1-7(14)13-9-5-3-2-4-8(9)6-10(13)11(12)15/h2-3,5,10H,6H2,1H3,(H2,12,15). The van der Waals surface area contributed by atoms with Gasteiger partial charge < -0.3 is 5.73 Å². The van der Waals surface area contributed by atoms with Crippen LogP contribution in [0.1, 0.15) is 12.5 Å². The van der Waals surface area contributed by atoms with Gasteiger partial charge >= 0.3 is 0 Å². The molecule has 0 aliphatic carbocycles. The van der Waals surface area contributed by atoms with Gasteiger partial charge in [0.25, 0.3) is 0 Å². The first kappa shape index (κ1) is 9.71. The van der Waals surface area contributed by atoms with Gasteiger partial charge in [-0.3, -0.25) is 14.5 Å². The van der Waals surface area contributed by atoms with E-state index in [0.717, 1.165) is 11.3 Å². The summed E-state index contributed by atoms with van der Waals surface area (Å²) in [5, 5.41) is 0. The predicted octanol–water partition coefficient (Wildman–Crippen LogP) is 0.250. The van der Waals surface area contributed by atoms with Crippen LogP contribution in [0, 0.1) is 6.07 Å². The molecule has 0 fully saturated rings. The quantitative estimate of drug-likeness (QED) is 0.711. The van der Waals surface area contributed by atoms with Crippen molar-refractivity contribution in [2.75, 3.05) is 4.90 Å². The van der Waals surface area contributed by atoms with Crippen LogP contribution >= 0.6 is 0 Å². The molecule has 2 rings (SSSR count). The minimum atomic E-state index is -0.559. The number of rotatable bonds is 1. The third-order valence-electron chi connectivity index (χ3n) is 2.55. The highest BCUT2D eigenvalue weighted by molar-refractivity contribution is 6.01. The second-order valence-corrected chi connectivity index (χ2v) is 3.55. The van der Waals surface area contributed by atoms with Gasteiger partial charge in [-0.15, -0.1) is 0 Å². The van der Waals surface area contributed by atoms with Gasteiger partial charge in [0.15, 0.2) is 0 Å². The largest absolute Gasteiger partial charge is 0.368 e. The molecular weight excluding hydrogens is 192 g/mol. The molecule has 0 spiro atoms. The Morgan fingerprint density at radius 2 is 2.33 bits per heavy atom. The van der Waals surface area contributed by atoms with E-state index in [-0.39, 0.29) is 5.91 Å². The number of fused-ring (bicyclic) bond motifs is 1. The van der Waals surface area contributed by atoms with Crippen molar-refractivity contribution in [1.82, 2.24) is 0 Å². The highest BCUT2D eigenvalue weighted by Crippen LogP contribution is 2.31. The van der Waals surface area contributed by atoms with Crippen molar-refractivity contribution >= 4 is 17.5 Å². The number of carbonyl (C=O) groups excluding carboxylic acids is 2. The Balaban J connectivity index is 2.46. The van der Waals surface area contributed by atoms with E-state index >= 15 is 0 Å². The number of amides is 2. The molecule has 1 radical (unpaired) electrons. The van der Waals surface area contributed by atoms with Gasteiger partial charge in [0.2, 0.25) is 11.8 Å². The van der Waals surface area contributed by atoms with Crippen LogP contribution in [0.2, 0.25) is 0 Å². The zero-order chi connectivity index (χ0) is 11.0. The Bertz CT molecular complexity index is 428. The van der Waals surface area contributed by atoms with Gasteiger partial charge in [-0.1, -0.05) is 12.1 Å². The number of benzene rings is 1. The number of carbonyl (C=O) groups is 2. The lowest BCUT2D eigenvalue weighted by molar-refractivity contribution is -0.123. The molecule has 2 N–H and O–H groups in total. The van der Waals surface area contributed by atoms with E-state index in [4.69, 9.17) is 5.73 Å². The third-order valence-corrected chi connectivity index (χ3v) is 2.55. The van der Waals surface area contributed by atoms with Gasteiger partial charge in [-0.25, -0.2) is 0 Å². The van der Waals surface area contributed by atoms with Crippen LogP contribution in [0.3, 0.4) is 0 Å². The molecule has 1 aromatic carbocycles. The van der Waals surface area contributed by atoms with Crippen molar-refractivity contribution in [1.29, 1.82) is 0 Å². The minimum Gasteiger partial charge on any atom is -0.368 e. The van der Waals surface area contributed by atoms with Gasteiger partial charge in [-0.2, -0.15) is 0 Å². The first-order valence-corrected chi connectivity index (χ1v) is 4.70. The van der Waals surface area contributed by atoms with Crippen molar-refractivity contribution in [3.8, 4) is 0 Å². The molecule has 0 saturated carbocycles. The molecule has 1 heterocycles. The Labute approximate surface area is 87.7 Å². The number of anilines is 1. The first-order chi connectivity index (χ1) is 7.11. The highest BCUT2D eigenvalue weighted by Gasteiger charge is 2.35. The summed E-state index contributed by atoms with van der Waals surface area (Å²) < 4.78 is 0. The normalized spacial score (nSPS) is 18.7. The maximum atomic E-state index is 11.4. The molecular formula is C11H11N2O2. The van der Waals surface area contributed by atoms with Crippen molar-refractivity contribution < 1.29 is 9.59 Å². The maximum absolute atomic E-state index is 11.4. The fraction of sp³-hybridized carbons (Fsp3) is 0.273. The molecule has 2 amide bonds. The van der Waals surface area contributed by atoms with Gasteiger partial charge in [0.1, 0.15) is 6.04 Å². The number of primary amides is 1. The van der Waals surface area contributed by atoms with Crippen LogP contribution in [0.4, 0.5) is 5.69 Å². The fourth-order valence-corrected chi connectivity index (χ4v) is 1.92. The maximum Gasteiger partial charge on any atom is 0.240 e. The lowest BCUT2D eigenvalue weighted by Gasteiger charge is -2.21. The Hall–Kier alpha value is -1.84. The van der Waals surface area contributed by atoms with Crippen LogP contribution in [-0.4, -0.2) is 17.9 Å². The van der Waals surface area contributed by atoms with E-state index < -0.39 is 11.9 Å². The topological polar surface area (TPSA) is 63.4 Å².